The lowest BCUT2D eigenvalue weighted by atomic mass is 10.1. The number of hydrogen-bond donors (Lipinski definition) is 1. The Morgan fingerprint density at radius 2 is 2.12 bits per heavy atom. The fourth-order valence-electron chi connectivity index (χ4n) is 1.54. The molecule has 0 heterocycles. The monoisotopic (exact) mass is 219 g/mol. The van der Waals surface area contributed by atoms with Crippen molar-refractivity contribution in [2.75, 3.05) is 0 Å². The molecule has 86 valence electrons. The fraction of sp³-hybridized carbons (Fsp3) is 0.385. The zero-order chi connectivity index (χ0) is 12.1. The van der Waals surface area contributed by atoms with Crippen molar-refractivity contribution >= 4 is 17.4 Å². The molecule has 0 unspecified atom stereocenters. The van der Waals surface area contributed by atoms with Gasteiger partial charge in [-0.05, 0) is 44.0 Å². The van der Waals surface area contributed by atoms with Crippen LogP contribution >= 0.6 is 0 Å². The average molecular weight is 219 g/mol. The van der Waals surface area contributed by atoms with E-state index in [1.807, 2.05) is 13.8 Å². The van der Waals surface area contributed by atoms with Crippen molar-refractivity contribution in [3.8, 4) is 0 Å². The highest BCUT2D eigenvalue weighted by Gasteiger charge is 2.05. The van der Waals surface area contributed by atoms with E-state index in [2.05, 4.69) is 11.9 Å². The first-order chi connectivity index (χ1) is 7.54. The third kappa shape index (κ3) is 3.19. The number of aromatic carboxylic acids is 1. The van der Waals surface area contributed by atoms with Crippen molar-refractivity contribution < 1.29 is 9.90 Å². The molecule has 0 aliphatic rings. The molecule has 0 fully saturated rings. The van der Waals surface area contributed by atoms with Crippen LogP contribution in [0.4, 0.5) is 5.69 Å². The number of aryl methyl sites for hydroxylation is 1. The Morgan fingerprint density at radius 1 is 1.44 bits per heavy atom. The largest absolute Gasteiger partial charge is 0.478 e. The molecule has 1 aromatic rings. The second kappa shape index (κ2) is 5.45. The van der Waals surface area contributed by atoms with Crippen LogP contribution in [0.2, 0.25) is 0 Å². The van der Waals surface area contributed by atoms with Gasteiger partial charge in [-0.1, -0.05) is 13.3 Å². The number of benzene rings is 1. The van der Waals surface area contributed by atoms with Gasteiger partial charge in [0, 0.05) is 5.71 Å². The molecule has 0 spiro atoms. The van der Waals surface area contributed by atoms with Crippen LogP contribution in [0.15, 0.2) is 23.2 Å². The first-order valence-corrected chi connectivity index (χ1v) is 5.42. The molecule has 1 N–H and O–H groups in total. The summed E-state index contributed by atoms with van der Waals surface area (Å²) in [5.41, 5.74) is 3.14. The molecule has 0 aliphatic heterocycles. The molecule has 0 aliphatic carbocycles. The first kappa shape index (κ1) is 12.4. The van der Waals surface area contributed by atoms with Crippen LogP contribution in [0.3, 0.4) is 0 Å². The maximum atomic E-state index is 10.8. The Balaban J connectivity index is 2.99. The van der Waals surface area contributed by atoms with E-state index in [4.69, 9.17) is 5.11 Å². The van der Waals surface area contributed by atoms with Gasteiger partial charge in [0.2, 0.25) is 0 Å². The number of aliphatic imine (C=N–C) groups is 1. The minimum atomic E-state index is -0.899. The van der Waals surface area contributed by atoms with Gasteiger partial charge in [0.15, 0.2) is 0 Å². The van der Waals surface area contributed by atoms with E-state index >= 15 is 0 Å². The summed E-state index contributed by atoms with van der Waals surface area (Å²) in [5.74, 6) is -0.899. The van der Waals surface area contributed by atoms with Gasteiger partial charge in [-0.15, -0.1) is 0 Å². The van der Waals surface area contributed by atoms with Gasteiger partial charge >= 0.3 is 5.97 Å². The van der Waals surface area contributed by atoms with Gasteiger partial charge in [-0.2, -0.15) is 0 Å². The maximum absolute atomic E-state index is 10.8. The van der Waals surface area contributed by atoms with Crippen molar-refractivity contribution in [3.05, 3.63) is 29.3 Å². The highest BCUT2D eigenvalue weighted by Crippen LogP contribution is 2.20. The van der Waals surface area contributed by atoms with E-state index in [9.17, 15) is 4.79 Å². The van der Waals surface area contributed by atoms with Crippen molar-refractivity contribution in [1.29, 1.82) is 0 Å². The second-order valence-corrected chi connectivity index (χ2v) is 3.90. The number of hydrogen-bond acceptors (Lipinski definition) is 2. The molecule has 0 aromatic heterocycles. The molecular formula is C13H17NO2. The highest BCUT2D eigenvalue weighted by molar-refractivity contribution is 5.89. The number of nitrogens with zero attached hydrogens (tertiary/aromatic N) is 1. The Hall–Kier alpha value is -1.64. The maximum Gasteiger partial charge on any atom is 0.335 e. The smallest absolute Gasteiger partial charge is 0.335 e. The number of carboxylic acid groups (broad SMARTS) is 1. The van der Waals surface area contributed by atoms with Crippen LogP contribution < -0.4 is 0 Å². The van der Waals surface area contributed by atoms with Crippen LogP contribution in [0.25, 0.3) is 0 Å². The topological polar surface area (TPSA) is 49.7 Å². The number of carbonyl (C=O) groups is 1. The molecule has 3 nitrogen and oxygen atoms in total. The van der Waals surface area contributed by atoms with E-state index < -0.39 is 5.97 Å². The summed E-state index contributed by atoms with van der Waals surface area (Å²) in [7, 11) is 0. The van der Waals surface area contributed by atoms with Gasteiger partial charge in [-0.25, -0.2) is 4.79 Å². The van der Waals surface area contributed by atoms with Crippen LogP contribution in [-0.2, 0) is 0 Å². The minimum absolute atomic E-state index is 0.310. The molecule has 0 bridgehead atoms. The van der Waals surface area contributed by atoms with Gasteiger partial charge in [-0.3, -0.25) is 4.99 Å². The SMILES string of the molecule is CCCC(C)=Nc1ccc(C(=O)O)cc1C. The first-order valence-electron chi connectivity index (χ1n) is 5.42. The average Bonchev–Trinajstić information content (AvgIpc) is 2.21. The zero-order valence-electron chi connectivity index (χ0n) is 9.95. The lowest BCUT2D eigenvalue weighted by Crippen LogP contribution is -1.96. The summed E-state index contributed by atoms with van der Waals surface area (Å²) in [5, 5.41) is 8.83. The molecule has 0 amide bonds. The Morgan fingerprint density at radius 3 is 2.62 bits per heavy atom. The van der Waals surface area contributed by atoms with Crippen molar-refractivity contribution in [2.24, 2.45) is 4.99 Å². The fourth-order valence-corrected chi connectivity index (χ4v) is 1.54. The van der Waals surface area contributed by atoms with Crippen molar-refractivity contribution in [2.45, 2.75) is 33.6 Å². The molecule has 0 saturated heterocycles. The van der Waals surface area contributed by atoms with E-state index in [0.717, 1.165) is 29.8 Å². The quantitative estimate of drug-likeness (QED) is 0.787. The molecule has 0 radical (unpaired) electrons. The van der Waals surface area contributed by atoms with Crippen LogP contribution in [0.5, 0.6) is 0 Å². The van der Waals surface area contributed by atoms with Gasteiger partial charge in [0.1, 0.15) is 0 Å². The van der Waals surface area contributed by atoms with Gasteiger partial charge < -0.3 is 5.11 Å². The Bertz CT molecular complexity index is 422. The minimum Gasteiger partial charge on any atom is -0.478 e. The molecule has 1 rings (SSSR count). The summed E-state index contributed by atoms with van der Waals surface area (Å²) in [6, 6.07) is 5.01. The van der Waals surface area contributed by atoms with E-state index in [1.54, 1.807) is 18.2 Å². The lowest BCUT2D eigenvalue weighted by Gasteiger charge is -2.03. The Kier molecular flexibility index (Phi) is 4.23. The summed E-state index contributed by atoms with van der Waals surface area (Å²) < 4.78 is 0. The van der Waals surface area contributed by atoms with Crippen LogP contribution in [0.1, 0.15) is 42.6 Å². The molecule has 3 heteroatoms. The zero-order valence-corrected chi connectivity index (χ0v) is 9.95. The third-order valence-electron chi connectivity index (χ3n) is 2.37. The van der Waals surface area contributed by atoms with Gasteiger partial charge in [0.05, 0.1) is 11.3 Å². The standard InChI is InChI=1S/C13H17NO2/c1-4-5-10(3)14-12-7-6-11(13(15)16)8-9(12)2/h6-8H,4-5H2,1-3H3,(H,15,16). The summed E-state index contributed by atoms with van der Waals surface area (Å²) in [6.07, 6.45) is 2.04. The van der Waals surface area contributed by atoms with E-state index in [1.165, 1.54) is 0 Å². The third-order valence-corrected chi connectivity index (χ3v) is 2.37. The summed E-state index contributed by atoms with van der Waals surface area (Å²) in [6.45, 7) is 5.98. The van der Waals surface area contributed by atoms with Crippen molar-refractivity contribution in [3.63, 3.8) is 0 Å². The molecular weight excluding hydrogens is 202 g/mol. The summed E-state index contributed by atoms with van der Waals surface area (Å²) >= 11 is 0. The van der Waals surface area contributed by atoms with Crippen molar-refractivity contribution in [1.82, 2.24) is 0 Å². The molecule has 0 saturated carbocycles. The molecule has 1 aromatic carbocycles. The van der Waals surface area contributed by atoms with Gasteiger partial charge in [0.25, 0.3) is 0 Å². The predicted octanol–water partition coefficient (Wildman–Crippen LogP) is 3.59. The predicted molar refractivity (Wildman–Crippen MR) is 65.8 cm³/mol. The number of rotatable bonds is 4. The normalized spacial score (nSPS) is 11.6. The Labute approximate surface area is 95.8 Å². The lowest BCUT2D eigenvalue weighted by molar-refractivity contribution is 0.0697. The van der Waals surface area contributed by atoms with E-state index in [0.29, 0.717) is 5.56 Å². The van der Waals surface area contributed by atoms with Crippen LogP contribution in [0, 0.1) is 6.92 Å². The van der Waals surface area contributed by atoms with Crippen LogP contribution in [-0.4, -0.2) is 16.8 Å². The molecule has 16 heavy (non-hydrogen) atoms. The molecule has 0 atom stereocenters. The second-order valence-electron chi connectivity index (χ2n) is 3.90. The van der Waals surface area contributed by atoms with E-state index in [-0.39, 0.29) is 0 Å². The highest BCUT2D eigenvalue weighted by atomic mass is 16.4. The summed E-state index contributed by atoms with van der Waals surface area (Å²) in [4.78, 5) is 15.2. The number of carboxylic acids is 1.